The van der Waals surface area contributed by atoms with E-state index in [9.17, 15) is 18.0 Å². The van der Waals surface area contributed by atoms with Gasteiger partial charge in [0.05, 0.1) is 17.7 Å². The molecule has 0 radical (unpaired) electrons. The summed E-state index contributed by atoms with van der Waals surface area (Å²) in [5, 5.41) is 2.74. The van der Waals surface area contributed by atoms with Gasteiger partial charge in [-0.1, -0.05) is 22.0 Å². The van der Waals surface area contributed by atoms with Gasteiger partial charge < -0.3 is 14.6 Å². The number of aryl methyl sites for hydroxylation is 3. The van der Waals surface area contributed by atoms with Crippen LogP contribution in [-0.2, 0) is 21.2 Å². The van der Waals surface area contributed by atoms with Crippen molar-refractivity contribution >= 4 is 37.4 Å². The topological polar surface area (TPSA) is 94.5 Å². The molecule has 2 aromatic carbocycles. The van der Waals surface area contributed by atoms with E-state index in [-0.39, 0.29) is 16.3 Å². The Bertz CT molecular complexity index is 1350. The number of halogens is 1. The average molecular weight is 519 g/mol. The van der Waals surface area contributed by atoms with E-state index < -0.39 is 21.3 Å². The van der Waals surface area contributed by atoms with Crippen molar-refractivity contribution in [3.63, 3.8) is 0 Å². The van der Waals surface area contributed by atoms with Crippen LogP contribution in [0.3, 0.4) is 0 Å². The van der Waals surface area contributed by atoms with Crippen molar-refractivity contribution in [2.24, 2.45) is 0 Å². The van der Waals surface area contributed by atoms with Crippen LogP contribution >= 0.6 is 15.9 Å². The van der Waals surface area contributed by atoms with Crippen LogP contribution in [0.4, 0.5) is 5.69 Å². The number of ether oxygens (including phenoxy) is 1. The summed E-state index contributed by atoms with van der Waals surface area (Å²) < 4.78 is 33.6. The number of benzene rings is 2. The number of pyridine rings is 1. The van der Waals surface area contributed by atoms with Crippen LogP contribution in [0.5, 0.6) is 5.75 Å². The maximum Gasteiger partial charge on any atom is 0.270 e. The molecule has 0 bridgehead atoms. The van der Waals surface area contributed by atoms with E-state index in [4.69, 9.17) is 4.74 Å². The standard InChI is InChI=1S/C23H23BrN2O5S/c1-14-5-10-20(31-4)19(11-14)25-21(27)13-26-16(3)12-15(2)22(23(26)28)32(29,30)18-8-6-17(24)7-9-18/h5-12H,13H2,1-4H3,(H,25,27). The Morgan fingerprint density at radius 1 is 1.06 bits per heavy atom. The monoisotopic (exact) mass is 518 g/mol. The number of nitrogens with zero attached hydrogens (tertiary/aromatic N) is 1. The lowest BCUT2D eigenvalue weighted by Crippen LogP contribution is -2.33. The molecule has 3 rings (SSSR count). The van der Waals surface area contributed by atoms with Crippen LogP contribution < -0.4 is 15.6 Å². The van der Waals surface area contributed by atoms with E-state index in [1.54, 1.807) is 44.2 Å². The zero-order valence-corrected chi connectivity index (χ0v) is 20.5. The maximum absolute atomic E-state index is 13.2. The van der Waals surface area contributed by atoms with Crippen molar-refractivity contribution in [3.8, 4) is 5.75 Å². The molecule has 1 N–H and O–H groups in total. The van der Waals surface area contributed by atoms with Gasteiger partial charge >= 0.3 is 0 Å². The number of methoxy groups -OCH3 is 1. The lowest BCUT2D eigenvalue weighted by atomic mass is 10.2. The molecule has 0 saturated heterocycles. The normalized spacial score (nSPS) is 11.3. The van der Waals surface area contributed by atoms with E-state index in [0.29, 0.717) is 22.7 Å². The minimum Gasteiger partial charge on any atom is -0.495 e. The predicted octanol–water partition coefficient (Wildman–Crippen LogP) is 4.02. The van der Waals surface area contributed by atoms with Crippen LogP contribution in [0.2, 0.25) is 0 Å². The third-order valence-corrected chi connectivity index (χ3v) is 7.43. The Hall–Kier alpha value is -2.91. The van der Waals surface area contributed by atoms with Crippen molar-refractivity contribution in [2.45, 2.75) is 37.1 Å². The van der Waals surface area contributed by atoms with E-state index in [1.807, 2.05) is 13.0 Å². The molecule has 0 fully saturated rings. The number of hydrogen-bond donors (Lipinski definition) is 1. The summed E-state index contributed by atoms with van der Waals surface area (Å²) >= 11 is 3.27. The minimum atomic E-state index is -4.07. The van der Waals surface area contributed by atoms with Crippen LogP contribution in [0, 0.1) is 20.8 Å². The Morgan fingerprint density at radius 2 is 1.72 bits per heavy atom. The summed E-state index contributed by atoms with van der Waals surface area (Å²) in [5.41, 5.74) is 1.46. The van der Waals surface area contributed by atoms with Crippen molar-refractivity contribution in [2.75, 3.05) is 12.4 Å². The van der Waals surface area contributed by atoms with Gasteiger partial charge in [0.15, 0.2) is 0 Å². The van der Waals surface area contributed by atoms with E-state index in [0.717, 1.165) is 14.6 Å². The second-order valence-corrected chi connectivity index (χ2v) is 10.2. The highest BCUT2D eigenvalue weighted by molar-refractivity contribution is 9.10. The number of nitrogens with one attached hydrogen (secondary N) is 1. The molecule has 0 atom stereocenters. The fourth-order valence-corrected chi connectivity index (χ4v) is 5.23. The van der Waals surface area contributed by atoms with Gasteiger partial charge in [0.1, 0.15) is 17.2 Å². The third kappa shape index (κ3) is 4.78. The molecule has 3 aromatic rings. The third-order valence-electron chi connectivity index (χ3n) is 4.97. The molecule has 9 heteroatoms. The van der Waals surface area contributed by atoms with Gasteiger partial charge in [0.25, 0.3) is 5.56 Å². The van der Waals surface area contributed by atoms with Crippen LogP contribution in [0.1, 0.15) is 16.8 Å². The summed E-state index contributed by atoms with van der Waals surface area (Å²) in [6.07, 6.45) is 0. The first-order valence-electron chi connectivity index (χ1n) is 9.70. The molecule has 1 amide bonds. The average Bonchev–Trinajstić information content (AvgIpc) is 2.71. The molecular formula is C23H23BrN2O5S. The number of carbonyl (C=O) groups excluding carboxylic acids is 1. The smallest absolute Gasteiger partial charge is 0.270 e. The maximum atomic E-state index is 13.2. The SMILES string of the molecule is COc1ccc(C)cc1NC(=O)Cn1c(C)cc(C)c(S(=O)(=O)c2ccc(Br)cc2)c1=O. The number of rotatable bonds is 6. The first kappa shape index (κ1) is 23.7. The Labute approximate surface area is 195 Å². The van der Waals surface area contributed by atoms with Gasteiger partial charge in [0, 0.05) is 10.2 Å². The fourth-order valence-electron chi connectivity index (χ4n) is 3.42. The number of amides is 1. The van der Waals surface area contributed by atoms with Gasteiger partial charge in [0.2, 0.25) is 15.7 Å². The molecule has 0 saturated carbocycles. The fraction of sp³-hybridized carbons (Fsp3) is 0.217. The molecule has 0 unspecified atom stereocenters. The van der Waals surface area contributed by atoms with Gasteiger partial charge in [-0.15, -0.1) is 0 Å². The Morgan fingerprint density at radius 3 is 2.34 bits per heavy atom. The number of carbonyl (C=O) groups is 1. The molecule has 0 aliphatic carbocycles. The van der Waals surface area contributed by atoms with Crippen LogP contribution in [0.15, 0.2) is 67.6 Å². The first-order chi connectivity index (χ1) is 15.0. The molecule has 168 valence electrons. The largest absolute Gasteiger partial charge is 0.495 e. The summed E-state index contributed by atoms with van der Waals surface area (Å²) in [6, 6.07) is 13.0. The highest BCUT2D eigenvalue weighted by atomic mass is 79.9. The first-order valence-corrected chi connectivity index (χ1v) is 12.0. The Kier molecular flexibility index (Phi) is 6.90. The molecule has 32 heavy (non-hydrogen) atoms. The summed E-state index contributed by atoms with van der Waals surface area (Å²) in [7, 11) is -2.58. The molecule has 7 nitrogen and oxygen atoms in total. The number of sulfone groups is 1. The summed E-state index contributed by atoms with van der Waals surface area (Å²) in [4.78, 5) is 25.6. The molecule has 0 aliphatic rings. The predicted molar refractivity (Wildman–Crippen MR) is 126 cm³/mol. The highest BCUT2D eigenvalue weighted by Gasteiger charge is 2.26. The van der Waals surface area contributed by atoms with Crippen molar-refractivity contribution < 1.29 is 17.9 Å². The Balaban J connectivity index is 2.00. The van der Waals surface area contributed by atoms with Crippen molar-refractivity contribution in [1.29, 1.82) is 0 Å². The van der Waals surface area contributed by atoms with Gasteiger partial charge in [-0.25, -0.2) is 8.42 Å². The summed E-state index contributed by atoms with van der Waals surface area (Å²) in [5.74, 6) is 0.00497. The van der Waals surface area contributed by atoms with Crippen LogP contribution in [0.25, 0.3) is 0 Å². The zero-order chi connectivity index (χ0) is 23.6. The lowest BCUT2D eigenvalue weighted by molar-refractivity contribution is -0.116. The number of aromatic nitrogens is 1. The zero-order valence-electron chi connectivity index (χ0n) is 18.1. The van der Waals surface area contributed by atoms with Gasteiger partial charge in [-0.05, 0) is 74.4 Å². The summed E-state index contributed by atoms with van der Waals surface area (Å²) in [6.45, 7) is 4.76. The molecule has 1 heterocycles. The molecule has 0 spiro atoms. The number of hydrogen-bond acceptors (Lipinski definition) is 5. The van der Waals surface area contributed by atoms with E-state index >= 15 is 0 Å². The van der Waals surface area contributed by atoms with Gasteiger partial charge in [-0.2, -0.15) is 0 Å². The molecule has 0 aliphatic heterocycles. The highest BCUT2D eigenvalue weighted by Crippen LogP contribution is 2.26. The minimum absolute atomic E-state index is 0.00486. The quantitative estimate of drug-likeness (QED) is 0.531. The lowest BCUT2D eigenvalue weighted by Gasteiger charge is -2.16. The van der Waals surface area contributed by atoms with Gasteiger partial charge in [-0.3, -0.25) is 9.59 Å². The molecule has 1 aromatic heterocycles. The molecular weight excluding hydrogens is 496 g/mol. The van der Waals surface area contributed by atoms with Crippen molar-refractivity contribution in [3.05, 3.63) is 80.2 Å². The second kappa shape index (κ2) is 9.30. The second-order valence-electron chi connectivity index (χ2n) is 7.40. The van der Waals surface area contributed by atoms with E-state index in [2.05, 4.69) is 21.2 Å². The van der Waals surface area contributed by atoms with E-state index in [1.165, 1.54) is 19.2 Å². The van der Waals surface area contributed by atoms with Crippen LogP contribution in [-0.4, -0.2) is 26.0 Å². The van der Waals surface area contributed by atoms with Crippen molar-refractivity contribution in [1.82, 2.24) is 4.57 Å². The number of anilines is 1.